The van der Waals surface area contributed by atoms with Crippen molar-refractivity contribution in [3.8, 4) is 0 Å². The van der Waals surface area contributed by atoms with E-state index in [1.807, 2.05) is 30.6 Å². The minimum atomic E-state index is -0.608. The van der Waals surface area contributed by atoms with Crippen LogP contribution >= 0.6 is 0 Å². The van der Waals surface area contributed by atoms with Gasteiger partial charge in [-0.15, -0.1) is 0 Å². The summed E-state index contributed by atoms with van der Waals surface area (Å²) >= 11 is 0. The molecule has 0 bridgehead atoms. The van der Waals surface area contributed by atoms with Gasteiger partial charge in [-0.1, -0.05) is 0 Å². The number of β-amino-alcohol motifs (C(OH)–C–C–N with tert-alkyl or cyclic N) is 1. The molecule has 1 heterocycles. The van der Waals surface area contributed by atoms with Crippen molar-refractivity contribution in [1.82, 2.24) is 9.80 Å². The van der Waals surface area contributed by atoms with E-state index in [-0.39, 0.29) is 5.91 Å². The molecule has 1 atom stereocenters. The van der Waals surface area contributed by atoms with Gasteiger partial charge in [-0.3, -0.25) is 9.69 Å². The molecule has 1 rings (SSSR count). The van der Waals surface area contributed by atoms with Gasteiger partial charge in [-0.25, -0.2) is 0 Å². The summed E-state index contributed by atoms with van der Waals surface area (Å²) in [5, 5.41) is 9.76. The number of carbonyl (C=O) groups is 1. The Kier molecular flexibility index (Phi) is 4.11. The maximum atomic E-state index is 11.8. The highest BCUT2D eigenvalue weighted by atomic mass is 16.3. The molecule has 0 aromatic carbocycles. The molecule has 4 heteroatoms. The third-order valence-electron chi connectivity index (χ3n) is 3.01. The molecule has 1 saturated heterocycles. The predicted octanol–water partition coefficient (Wildman–Crippen LogP) is 0.311. The molecule has 1 fully saturated rings. The maximum absolute atomic E-state index is 11.8. The standard InChI is InChI=1S/C11H22N2O2/c1-4-13(5-2)10(14)8-12-7-6-11(3,15)9-12/h15H,4-9H2,1-3H3. The van der Waals surface area contributed by atoms with Crippen molar-refractivity contribution >= 4 is 5.91 Å². The zero-order valence-electron chi connectivity index (χ0n) is 9.99. The molecule has 0 radical (unpaired) electrons. The highest BCUT2D eigenvalue weighted by Crippen LogP contribution is 2.19. The van der Waals surface area contributed by atoms with Gasteiger partial charge in [0.25, 0.3) is 0 Å². The number of likely N-dealkylation sites (N-methyl/N-ethyl adjacent to an activating group) is 1. The molecular formula is C11H22N2O2. The first-order chi connectivity index (χ1) is 6.98. The molecule has 15 heavy (non-hydrogen) atoms. The summed E-state index contributed by atoms with van der Waals surface area (Å²) in [6, 6.07) is 0. The largest absolute Gasteiger partial charge is 0.389 e. The average Bonchev–Trinajstić information content (AvgIpc) is 2.47. The Bertz CT molecular complexity index is 225. The highest BCUT2D eigenvalue weighted by Gasteiger charge is 2.32. The summed E-state index contributed by atoms with van der Waals surface area (Å²) in [5.74, 6) is 0.165. The van der Waals surface area contributed by atoms with Gasteiger partial charge in [0.05, 0.1) is 12.1 Å². The predicted molar refractivity (Wildman–Crippen MR) is 59.6 cm³/mol. The van der Waals surface area contributed by atoms with Crippen molar-refractivity contribution in [3.63, 3.8) is 0 Å². The van der Waals surface area contributed by atoms with Gasteiger partial charge in [0.15, 0.2) is 0 Å². The number of carbonyl (C=O) groups excluding carboxylic acids is 1. The van der Waals surface area contributed by atoms with Crippen LogP contribution < -0.4 is 0 Å². The van der Waals surface area contributed by atoms with Crippen molar-refractivity contribution in [2.75, 3.05) is 32.7 Å². The van der Waals surface area contributed by atoms with E-state index in [2.05, 4.69) is 0 Å². The van der Waals surface area contributed by atoms with Crippen LogP contribution in [0.25, 0.3) is 0 Å². The van der Waals surface area contributed by atoms with Crippen LogP contribution in [0, 0.1) is 0 Å². The fraction of sp³-hybridized carbons (Fsp3) is 0.909. The van der Waals surface area contributed by atoms with Crippen molar-refractivity contribution < 1.29 is 9.90 Å². The van der Waals surface area contributed by atoms with Gasteiger partial charge < -0.3 is 10.0 Å². The van der Waals surface area contributed by atoms with Crippen LogP contribution in [0.1, 0.15) is 27.2 Å². The van der Waals surface area contributed by atoms with Gasteiger partial charge in [-0.2, -0.15) is 0 Å². The SMILES string of the molecule is CCN(CC)C(=O)CN1CCC(C)(O)C1. The first-order valence-electron chi connectivity index (χ1n) is 5.71. The molecule has 0 aliphatic carbocycles. The van der Waals surface area contributed by atoms with E-state index in [1.54, 1.807) is 0 Å². The minimum absolute atomic E-state index is 0.165. The molecule has 4 nitrogen and oxygen atoms in total. The third-order valence-corrected chi connectivity index (χ3v) is 3.01. The number of rotatable bonds is 4. The van der Waals surface area contributed by atoms with E-state index in [1.165, 1.54) is 0 Å². The minimum Gasteiger partial charge on any atom is -0.389 e. The van der Waals surface area contributed by atoms with Crippen molar-refractivity contribution in [1.29, 1.82) is 0 Å². The van der Waals surface area contributed by atoms with Crippen LogP contribution in [0.3, 0.4) is 0 Å². The lowest BCUT2D eigenvalue weighted by Crippen LogP contribution is -2.40. The Morgan fingerprint density at radius 2 is 2.07 bits per heavy atom. The molecule has 88 valence electrons. The Balaban J connectivity index is 2.39. The Labute approximate surface area is 91.9 Å². The Morgan fingerprint density at radius 3 is 2.47 bits per heavy atom. The molecule has 0 aromatic rings. The second kappa shape index (κ2) is 4.94. The molecule has 1 N–H and O–H groups in total. The molecule has 1 aliphatic rings. The van der Waals surface area contributed by atoms with Crippen LogP contribution in [-0.4, -0.2) is 59.1 Å². The second-order valence-corrected chi connectivity index (χ2v) is 4.52. The van der Waals surface area contributed by atoms with E-state index >= 15 is 0 Å². The summed E-state index contributed by atoms with van der Waals surface area (Å²) in [4.78, 5) is 15.6. The third kappa shape index (κ3) is 3.47. The zero-order chi connectivity index (χ0) is 11.5. The average molecular weight is 214 g/mol. The Hall–Kier alpha value is -0.610. The fourth-order valence-corrected chi connectivity index (χ4v) is 2.04. The van der Waals surface area contributed by atoms with Gasteiger partial charge >= 0.3 is 0 Å². The number of aliphatic hydroxyl groups is 1. The van der Waals surface area contributed by atoms with Crippen molar-refractivity contribution in [2.45, 2.75) is 32.8 Å². The molecule has 1 aliphatic heterocycles. The quantitative estimate of drug-likeness (QED) is 0.732. The number of amides is 1. The summed E-state index contributed by atoms with van der Waals surface area (Å²) in [6.45, 7) is 9.20. The highest BCUT2D eigenvalue weighted by molar-refractivity contribution is 5.78. The molecule has 0 saturated carbocycles. The molecule has 0 spiro atoms. The van der Waals surface area contributed by atoms with Gasteiger partial charge in [-0.05, 0) is 27.2 Å². The smallest absolute Gasteiger partial charge is 0.236 e. The van der Waals surface area contributed by atoms with E-state index in [0.29, 0.717) is 13.1 Å². The molecule has 1 amide bonds. The molecule has 1 unspecified atom stereocenters. The van der Waals surface area contributed by atoms with Gasteiger partial charge in [0.2, 0.25) is 5.91 Å². The lowest BCUT2D eigenvalue weighted by Gasteiger charge is -2.23. The maximum Gasteiger partial charge on any atom is 0.236 e. The summed E-state index contributed by atoms with van der Waals surface area (Å²) < 4.78 is 0. The number of nitrogens with zero attached hydrogens (tertiary/aromatic N) is 2. The first kappa shape index (κ1) is 12.5. The number of hydrogen-bond donors (Lipinski definition) is 1. The van der Waals surface area contributed by atoms with Gasteiger partial charge in [0, 0.05) is 26.2 Å². The number of hydrogen-bond acceptors (Lipinski definition) is 3. The lowest BCUT2D eigenvalue weighted by atomic mass is 10.1. The van der Waals surface area contributed by atoms with Gasteiger partial charge in [0.1, 0.15) is 0 Å². The van der Waals surface area contributed by atoms with Crippen LogP contribution in [0.4, 0.5) is 0 Å². The Morgan fingerprint density at radius 1 is 1.47 bits per heavy atom. The monoisotopic (exact) mass is 214 g/mol. The van der Waals surface area contributed by atoms with E-state index in [0.717, 1.165) is 26.1 Å². The van der Waals surface area contributed by atoms with E-state index in [4.69, 9.17) is 0 Å². The van der Waals surface area contributed by atoms with Crippen molar-refractivity contribution in [2.24, 2.45) is 0 Å². The molecule has 0 aromatic heterocycles. The lowest BCUT2D eigenvalue weighted by molar-refractivity contribution is -0.131. The number of likely N-dealkylation sites (tertiary alicyclic amines) is 1. The van der Waals surface area contributed by atoms with Crippen LogP contribution in [0.15, 0.2) is 0 Å². The van der Waals surface area contributed by atoms with Crippen molar-refractivity contribution in [3.05, 3.63) is 0 Å². The fourth-order valence-electron chi connectivity index (χ4n) is 2.04. The first-order valence-corrected chi connectivity index (χ1v) is 5.71. The zero-order valence-corrected chi connectivity index (χ0v) is 9.99. The van der Waals surface area contributed by atoms with Crippen LogP contribution in [-0.2, 0) is 4.79 Å². The normalized spacial score (nSPS) is 26.9. The topological polar surface area (TPSA) is 43.8 Å². The van der Waals surface area contributed by atoms with Crippen LogP contribution in [0.5, 0.6) is 0 Å². The molecular weight excluding hydrogens is 192 g/mol. The summed E-state index contributed by atoms with van der Waals surface area (Å²) in [5.41, 5.74) is -0.608. The second-order valence-electron chi connectivity index (χ2n) is 4.52. The summed E-state index contributed by atoms with van der Waals surface area (Å²) in [7, 11) is 0. The van der Waals surface area contributed by atoms with Crippen LogP contribution in [0.2, 0.25) is 0 Å². The summed E-state index contributed by atoms with van der Waals surface area (Å²) in [6.07, 6.45) is 0.762. The van der Waals surface area contributed by atoms with E-state index < -0.39 is 5.60 Å². The van der Waals surface area contributed by atoms with E-state index in [9.17, 15) is 9.90 Å².